The predicted octanol–water partition coefficient (Wildman–Crippen LogP) is 2.55. The SMILES string of the molecule is O=C(/C=C/c1ccccc1)NCC(O)c1ccccc1. The molecular formula is C17H17NO2. The van der Waals surface area contributed by atoms with Crippen molar-refractivity contribution in [1.29, 1.82) is 0 Å². The molecule has 0 spiro atoms. The fourth-order valence-corrected chi connectivity index (χ4v) is 1.79. The summed E-state index contributed by atoms with van der Waals surface area (Å²) in [5, 5.41) is 12.6. The zero-order valence-electron chi connectivity index (χ0n) is 11.1. The molecule has 2 aromatic carbocycles. The van der Waals surface area contributed by atoms with Gasteiger partial charge in [-0.05, 0) is 17.2 Å². The monoisotopic (exact) mass is 267 g/mol. The fraction of sp³-hybridized carbons (Fsp3) is 0.118. The van der Waals surface area contributed by atoms with Crippen molar-refractivity contribution < 1.29 is 9.90 Å². The van der Waals surface area contributed by atoms with E-state index >= 15 is 0 Å². The smallest absolute Gasteiger partial charge is 0.244 e. The summed E-state index contributed by atoms with van der Waals surface area (Å²) >= 11 is 0. The largest absolute Gasteiger partial charge is 0.387 e. The molecule has 1 amide bonds. The Bertz CT molecular complexity index is 564. The van der Waals surface area contributed by atoms with Gasteiger partial charge in [0.1, 0.15) is 0 Å². The maximum atomic E-state index is 11.6. The molecular weight excluding hydrogens is 250 g/mol. The van der Waals surface area contributed by atoms with Crippen LogP contribution in [0.2, 0.25) is 0 Å². The van der Waals surface area contributed by atoms with Gasteiger partial charge in [-0.2, -0.15) is 0 Å². The van der Waals surface area contributed by atoms with E-state index in [4.69, 9.17) is 0 Å². The average molecular weight is 267 g/mol. The Balaban J connectivity index is 1.82. The van der Waals surface area contributed by atoms with Gasteiger partial charge < -0.3 is 10.4 Å². The van der Waals surface area contributed by atoms with Gasteiger partial charge in [-0.25, -0.2) is 0 Å². The minimum absolute atomic E-state index is 0.196. The van der Waals surface area contributed by atoms with Crippen molar-refractivity contribution in [2.45, 2.75) is 6.10 Å². The Kier molecular flexibility index (Phi) is 5.09. The van der Waals surface area contributed by atoms with E-state index in [1.165, 1.54) is 6.08 Å². The van der Waals surface area contributed by atoms with Crippen molar-refractivity contribution in [3.63, 3.8) is 0 Å². The minimum Gasteiger partial charge on any atom is -0.387 e. The van der Waals surface area contributed by atoms with Crippen LogP contribution in [0.5, 0.6) is 0 Å². The second kappa shape index (κ2) is 7.26. The second-order valence-electron chi connectivity index (χ2n) is 4.42. The van der Waals surface area contributed by atoms with Crippen LogP contribution in [0, 0.1) is 0 Å². The zero-order chi connectivity index (χ0) is 14.2. The molecule has 0 bridgehead atoms. The van der Waals surface area contributed by atoms with Gasteiger partial charge in [0, 0.05) is 12.6 Å². The normalized spacial score (nSPS) is 12.2. The first-order valence-corrected chi connectivity index (χ1v) is 6.49. The minimum atomic E-state index is -0.690. The molecule has 0 radical (unpaired) electrons. The third kappa shape index (κ3) is 4.37. The Hall–Kier alpha value is -2.39. The molecule has 20 heavy (non-hydrogen) atoms. The van der Waals surface area contributed by atoms with Crippen LogP contribution >= 0.6 is 0 Å². The third-order valence-electron chi connectivity index (χ3n) is 2.88. The molecule has 102 valence electrons. The van der Waals surface area contributed by atoms with Crippen molar-refractivity contribution in [2.75, 3.05) is 6.54 Å². The highest BCUT2D eigenvalue weighted by molar-refractivity contribution is 5.91. The van der Waals surface area contributed by atoms with Crippen molar-refractivity contribution in [3.05, 3.63) is 77.9 Å². The molecule has 3 nitrogen and oxygen atoms in total. The van der Waals surface area contributed by atoms with E-state index in [-0.39, 0.29) is 12.5 Å². The van der Waals surface area contributed by atoms with Gasteiger partial charge in [-0.1, -0.05) is 60.7 Å². The molecule has 2 rings (SSSR count). The molecule has 0 aliphatic carbocycles. The van der Waals surface area contributed by atoms with Crippen LogP contribution in [0.15, 0.2) is 66.7 Å². The van der Waals surface area contributed by atoms with Gasteiger partial charge in [0.05, 0.1) is 6.10 Å². The van der Waals surface area contributed by atoms with Crippen LogP contribution in [0.25, 0.3) is 6.08 Å². The number of carbonyl (C=O) groups excluding carboxylic acids is 1. The number of hydrogen-bond donors (Lipinski definition) is 2. The lowest BCUT2D eigenvalue weighted by molar-refractivity contribution is -0.116. The third-order valence-corrected chi connectivity index (χ3v) is 2.88. The standard InChI is InChI=1S/C17H17NO2/c19-16(15-9-5-2-6-10-15)13-18-17(20)12-11-14-7-3-1-4-8-14/h1-12,16,19H,13H2,(H,18,20)/b12-11+. The lowest BCUT2D eigenvalue weighted by Crippen LogP contribution is -2.26. The van der Waals surface area contributed by atoms with Gasteiger partial charge in [-0.15, -0.1) is 0 Å². The highest BCUT2D eigenvalue weighted by Gasteiger charge is 2.07. The molecule has 2 N–H and O–H groups in total. The van der Waals surface area contributed by atoms with E-state index in [0.29, 0.717) is 0 Å². The summed E-state index contributed by atoms with van der Waals surface area (Å²) in [6.45, 7) is 0.196. The van der Waals surface area contributed by atoms with Crippen LogP contribution in [-0.4, -0.2) is 17.6 Å². The van der Waals surface area contributed by atoms with Gasteiger partial charge >= 0.3 is 0 Å². The number of hydrogen-bond acceptors (Lipinski definition) is 2. The molecule has 1 atom stereocenters. The summed E-state index contributed by atoms with van der Waals surface area (Å²) in [4.78, 5) is 11.6. The number of benzene rings is 2. The van der Waals surface area contributed by atoms with E-state index in [1.54, 1.807) is 6.08 Å². The summed E-state index contributed by atoms with van der Waals surface area (Å²) in [5.74, 6) is -0.219. The molecule has 0 fully saturated rings. The second-order valence-corrected chi connectivity index (χ2v) is 4.42. The van der Waals surface area contributed by atoms with Crippen LogP contribution in [0.4, 0.5) is 0 Å². The van der Waals surface area contributed by atoms with E-state index < -0.39 is 6.10 Å². The van der Waals surface area contributed by atoms with E-state index in [0.717, 1.165) is 11.1 Å². The summed E-state index contributed by atoms with van der Waals surface area (Å²) < 4.78 is 0. The van der Waals surface area contributed by atoms with Crippen molar-refractivity contribution in [2.24, 2.45) is 0 Å². The Morgan fingerprint density at radius 1 is 1.05 bits per heavy atom. The number of aliphatic hydroxyl groups is 1. The fourth-order valence-electron chi connectivity index (χ4n) is 1.79. The molecule has 1 unspecified atom stereocenters. The van der Waals surface area contributed by atoms with E-state index in [1.807, 2.05) is 60.7 Å². The number of carbonyl (C=O) groups is 1. The summed E-state index contributed by atoms with van der Waals surface area (Å²) in [7, 11) is 0. The average Bonchev–Trinajstić information content (AvgIpc) is 2.52. The molecule has 0 heterocycles. The quantitative estimate of drug-likeness (QED) is 0.818. The van der Waals surface area contributed by atoms with Gasteiger partial charge in [0.25, 0.3) is 0 Å². The zero-order valence-corrected chi connectivity index (χ0v) is 11.1. The van der Waals surface area contributed by atoms with Crippen LogP contribution in [0.1, 0.15) is 17.2 Å². The molecule has 0 aliphatic heterocycles. The molecule has 2 aromatic rings. The molecule has 0 aromatic heterocycles. The van der Waals surface area contributed by atoms with Crippen molar-refractivity contribution in [1.82, 2.24) is 5.32 Å². The highest BCUT2D eigenvalue weighted by Crippen LogP contribution is 2.10. The topological polar surface area (TPSA) is 49.3 Å². The number of nitrogens with one attached hydrogen (secondary N) is 1. The van der Waals surface area contributed by atoms with Crippen molar-refractivity contribution >= 4 is 12.0 Å². The first kappa shape index (κ1) is 14.0. The molecule has 0 saturated carbocycles. The number of rotatable bonds is 5. The van der Waals surface area contributed by atoms with Gasteiger partial charge in [-0.3, -0.25) is 4.79 Å². The summed E-state index contributed by atoms with van der Waals surface area (Å²) in [6.07, 6.45) is 2.52. The Morgan fingerprint density at radius 2 is 1.65 bits per heavy atom. The van der Waals surface area contributed by atoms with Crippen molar-refractivity contribution in [3.8, 4) is 0 Å². The lowest BCUT2D eigenvalue weighted by atomic mass is 10.1. The van der Waals surface area contributed by atoms with E-state index in [2.05, 4.69) is 5.32 Å². The first-order chi connectivity index (χ1) is 9.75. The maximum absolute atomic E-state index is 11.6. The van der Waals surface area contributed by atoms with Crippen LogP contribution in [-0.2, 0) is 4.79 Å². The lowest BCUT2D eigenvalue weighted by Gasteiger charge is -2.10. The van der Waals surface area contributed by atoms with Crippen LogP contribution in [0.3, 0.4) is 0 Å². The van der Waals surface area contributed by atoms with Gasteiger partial charge in [0.2, 0.25) is 5.91 Å². The summed E-state index contributed by atoms with van der Waals surface area (Å²) in [5.41, 5.74) is 1.76. The van der Waals surface area contributed by atoms with E-state index in [9.17, 15) is 9.90 Å². The Morgan fingerprint density at radius 3 is 2.30 bits per heavy atom. The number of aliphatic hydroxyl groups excluding tert-OH is 1. The number of amides is 1. The highest BCUT2D eigenvalue weighted by atomic mass is 16.3. The molecule has 0 aliphatic rings. The molecule has 0 saturated heterocycles. The van der Waals surface area contributed by atoms with Gasteiger partial charge in [0.15, 0.2) is 0 Å². The first-order valence-electron chi connectivity index (χ1n) is 6.49. The van der Waals surface area contributed by atoms with Crippen LogP contribution < -0.4 is 5.32 Å². The Labute approximate surface area is 118 Å². The summed E-state index contributed by atoms with van der Waals surface area (Å²) in [6, 6.07) is 18.8. The maximum Gasteiger partial charge on any atom is 0.244 e. The predicted molar refractivity (Wildman–Crippen MR) is 79.9 cm³/mol. The molecule has 3 heteroatoms.